The average Bonchev–Trinajstić information content (AvgIpc) is 3.68. The van der Waals surface area contributed by atoms with Gasteiger partial charge >= 0.3 is 12.1 Å². The molecule has 1 aliphatic heterocycles. The number of morpholine rings is 1. The van der Waals surface area contributed by atoms with Crippen LogP contribution < -0.4 is 5.32 Å². The number of aliphatic hydroxyl groups excluding tert-OH is 1. The minimum Gasteiger partial charge on any atom is -0.434 e. The Labute approximate surface area is 308 Å². The van der Waals surface area contributed by atoms with Gasteiger partial charge in [-0.1, -0.05) is 76.3 Å². The van der Waals surface area contributed by atoms with Gasteiger partial charge in [-0.15, -0.1) is 0 Å². The number of nitrogens with zero attached hydrogens (tertiary/aromatic N) is 5. The number of aromatic amines is 1. The predicted octanol–water partition coefficient (Wildman–Crippen LogP) is 4.01. The number of carbonyl (C=O) groups is 4. The molecule has 4 rings (SSSR count). The molecule has 4 atom stereocenters. The highest BCUT2D eigenvalue weighted by molar-refractivity contribution is 5.91. The van der Waals surface area contributed by atoms with Gasteiger partial charge < -0.3 is 34.7 Å². The van der Waals surface area contributed by atoms with Crippen LogP contribution in [0.4, 0.5) is 9.59 Å². The van der Waals surface area contributed by atoms with Crippen molar-refractivity contribution in [2.75, 3.05) is 47.4 Å². The van der Waals surface area contributed by atoms with E-state index in [1.54, 1.807) is 11.1 Å². The van der Waals surface area contributed by atoms with E-state index in [1.807, 2.05) is 30.3 Å². The van der Waals surface area contributed by atoms with Gasteiger partial charge in [0.25, 0.3) is 5.91 Å². The molecule has 1 aromatic heterocycles. The number of imidazole rings is 1. The minimum absolute atomic E-state index is 0.0430. The third-order valence-corrected chi connectivity index (χ3v) is 10.3. The summed E-state index contributed by atoms with van der Waals surface area (Å²) in [5.74, 6) is -0.194. The average molecular weight is 726 g/mol. The molecule has 0 radical (unpaired) electrons. The fourth-order valence-corrected chi connectivity index (χ4v) is 6.88. The molecule has 0 bridgehead atoms. The zero-order valence-electron chi connectivity index (χ0n) is 31.5. The molecular formula is C38H59N7O7. The molecule has 1 aromatic carbocycles. The van der Waals surface area contributed by atoms with Crippen LogP contribution in [0.25, 0.3) is 0 Å². The first-order valence-electron chi connectivity index (χ1n) is 18.8. The van der Waals surface area contributed by atoms with E-state index in [2.05, 4.69) is 29.1 Å². The molecule has 3 N–H and O–H groups in total. The normalized spacial score (nSPS) is 17.5. The van der Waals surface area contributed by atoms with Crippen LogP contribution in [-0.4, -0.2) is 131 Å². The molecule has 1 saturated carbocycles. The van der Waals surface area contributed by atoms with Crippen LogP contribution in [0.1, 0.15) is 76.5 Å². The molecule has 5 amide bonds. The van der Waals surface area contributed by atoms with Gasteiger partial charge in [-0.05, 0) is 36.7 Å². The standard InChI is InChI=1S/C38H59N7O7/c1-27(2)16-17-33(46)31(22-28-12-8-6-9-13-28)41-35(47)32(24-30-25-39-26-40-30)42(3)36(48)34(23-29-14-10-7-11-15-29)52-38(50)44(5)43(4)37(49)45-18-20-51-21-19-45/h7,10-11,14-15,25-28,31-34,46H,6,8-9,12-13,16-24H2,1-5H3,(H,39,40)(H,41,47)/t31-,32-,33-,34-/m0/s1. The van der Waals surface area contributed by atoms with Crippen LogP contribution in [0.15, 0.2) is 42.9 Å². The van der Waals surface area contributed by atoms with E-state index in [1.165, 1.54) is 38.8 Å². The molecule has 14 heteroatoms. The van der Waals surface area contributed by atoms with Crippen LogP contribution in [0, 0.1) is 11.8 Å². The maximum absolute atomic E-state index is 14.4. The Morgan fingerprint density at radius 1 is 1.00 bits per heavy atom. The van der Waals surface area contributed by atoms with Gasteiger partial charge in [-0.25, -0.2) is 24.6 Å². The molecule has 14 nitrogen and oxygen atoms in total. The lowest BCUT2D eigenvalue weighted by molar-refractivity contribution is -0.147. The maximum Gasteiger partial charge on any atom is 0.429 e. The number of hydrogen-bond donors (Lipinski definition) is 3. The number of benzene rings is 1. The number of amides is 5. The van der Waals surface area contributed by atoms with E-state index in [-0.39, 0.29) is 12.8 Å². The molecule has 1 saturated heterocycles. The fourth-order valence-electron chi connectivity index (χ4n) is 6.88. The van der Waals surface area contributed by atoms with Gasteiger partial charge in [0, 0.05) is 59.0 Å². The summed E-state index contributed by atoms with van der Waals surface area (Å²) in [7, 11) is 4.39. The Balaban J connectivity index is 1.56. The number of aromatic nitrogens is 2. The first kappa shape index (κ1) is 40.6. The van der Waals surface area contributed by atoms with Crippen molar-refractivity contribution < 1.29 is 33.8 Å². The Bertz CT molecular complexity index is 1400. The van der Waals surface area contributed by atoms with E-state index in [0.717, 1.165) is 47.7 Å². The number of hydrogen-bond acceptors (Lipinski definition) is 8. The highest BCUT2D eigenvalue weighted by atomic mass is 16.6. The van der Waals surface area contributed by atoms with Crippen molar-refractivity contribution in [2.45, 2.75) is 102 Å². The van der Waals surface area contributed by atoms with Crippen LogP contribution in [-0.2, 0) is 31.9 Å². The second-order valence-electron chi connectivity index (χ2n) is 14.6. The topological polar surface area (TPSA) is 161 Å². The number of nitrogens with one attached hydrogen (secondary N) is 2. The Morgan fingerprint density at radius 3 is 2.33 bits per heavy atom. The number of carbonyl (C=O) groups excluding carboxylic acids is 4. The summed E-state index contributed by atoms with van der Waals surface area (Å²) in [5, 5.41) is 16.7. The summed E-state index contributed by atoms with van der Waals surface area (Å²) in [5.41, 5.74) is 1.39. The molecule has 2 heterocycles. The molecule has 0 spiro atoms. The van der Waals surface area contributed by atoms with Crippen molar-refractivity contribution in [3.05, 3.63) is 54.1 Å². The first-order chi connectivity index (χ1) is 24.9. The highest BCUT2D eigenvalue weighted by Gasteiger charge is 2.37. The molecule has 2 aromatic rings. The zero-order valence-corrected chi connectivity index (χ0v) is 31.5. The summed E-state index contributed by atoms with van der Waals surface area (Å²) in [6, 6.07) is 7.27. The molecular weight excluding hydrogens is 666 g/mol. The second kappa shape index (κ2) is 20.2. The van der Waals surface area contributed by atoms with Gasteiger partial charge in [0.1, 0.15) is 6.04 Å². The SMILES string of the molecule is CC(C)CC[C@H](O)[C@H](CC1CCCCC1)NC(=O)[C@H](Cc1cnc[nH]1)N(C)C(=O)[C@H](Cc1ccccc1)OC(=O)N(C)N(C)C(=O)N1CCOCC1. The van der Waals surface area contributed by atoms with Crippen LogP contribution in [0.5, 0.6) is 0 Å². The number of H-pyrrole nitrogens is 1. The van der Waals surface area contributed by atoms with E-state index >= 15 is 0 Å². The van der Waals surface area contributed by atoms with Crippen LogP contribution >= 0.6 is 0 Å². The zero-order chi connectivity index (χ0) is 37.6. The third-order valence-electron chi connectivity index (χ3n) is 10.3. The summed E-state index contributed by atoms with van der Waals surface area (Å²) < 4.78 is 11.2. The van der Waals surface area contributed by atoms with Crippen molar-refractivity contribution >= 4 is 23.9 Å². The molecule has 1 aliphatic carbocycles. The number of rotatable bonds is 15. The van der Waals surface area contributed by atoms with E-state index < -0.39 is 48.2 Å². The van der Waals surface area contributed by atoms with Crippen molar-refractivity contribution in [1.82, 2.24) is 35.1 Å². The Kier molecular flexibility index (Phi) is 15.7. The van der Waals surface area contributed by atoms with Gasteiger partial charge in [0.05, 0.1) is 31.7 Å². The summed E-state index contributed by atoms with van der Waals surface area (Å²) >= 11 is 0. The number of aliphatic hydroxyl groups is 1. The quantitative estimate of drug-likeness (QED) is 0.232. The van der Waals surface area contributed by atoms with Crippen molar-refractivity contribution in [3.8, 4) is 0 Å². The largest absolute Gasteiger partial charge is 0.434 e. The van der Waals surface area contributed by atoms with Crippen molar-refractivity contribution in [3.63, 3.8) is 0 Å². The molecule has 2 aliphatic rings. The number of ether oxygens (including phenoxy) is 2. The van der Waals surface area contributed by atoms with Crippen LogP contribution in [0.3, 0.4) is 0 Å². The summed E-state index contributed by atoms with van der Waals surface area (Å²) in [6.45, 7) is 5.81. The molecule has 0 unspecified atom stereocenters. The summed E-state index contributed by atoms with van der Waals surface area (Å²) in [6.07, 6.45) is 7.97. The van der Waals surface area contributed by atoms with E-state index in [0.29, 0.717) is 56.7 Å². The maximum atomic E-state index is 14.4. The number of urea groups is 1. The lowest BCUT2D eigenvalue weighted by Gasteiger charge is -2.36. The van der Waals surface area contributed by atoms with Gasteiger partial charge in [-0.2, -0.15) is 0 Å². The van der Waals surface area contributed by atoms with Crippen molar-refractivity contribution in [1.29, 1.82) is 0 Å². The molecule has 52 heavy (non-hydrogen) atoms. The first-order valence-corrected chi connectivity index (χ1v) is 18.8. The summed E-state index contributed by atoms with van der Waals surface area (Å²) in [4.78, 5) is 65.4. The fraction of sp³-hybridized carbons (Fsp3) is 0.658. The Morgan fingerprint density at radius 2 is 1.69 bits per heavy atom. The van der Waals surface area contributed by atoms with Gasteiger partial charge in [0.15, 0.2) is 6.10 Å². The smallest absolute Gasteiger partial charge is 0.429 e. The number of hydrazine groups is 1. The van der Waals surface area contributed by atoms with Crippen molar-refractivity contribution in [2.24, 2.45) is 11.8 Å². The highest BCUT2D eigenvalue weighted by Crippen LogP contribution is 2.29. The van der Waals surface area contributed by atoms with Crippen LogP contribution in [0.2, 0.25) is 0 Å². The van der Waals surface area contributed by atoms with E-state index in [9.17, 15) is 24.3 Å². The second-order valence-corrected chi connectivity index (χ2v) is 14.6. The van der Waals surface area contributed by atoms with Gasteiger partial charge in [0.2, 0.25) is 5.91 Å². The lowest BCUT2D eigenvalue weighted by atomic mass is 9.83. The third kappa shape index (κ3) is 11.9. The van der Waals surface area contributed by atoms with Gasteiger partial charge in [-0.3, -0.25) is 9.59 Å². The minimum atomic E-state index is -1.32. The monoisotopic (exact) mass is 725 g/mol. The lowest BCUT2D eigenvalue weighted by Crippen LogP contribution is -2.57. The number of likely N-dealkylation sites (N-methyl/N-ethyl adjacent to an activating group) is 1. The predicted molar refractivity (Wildman–Crippen MR) is 196 cm³/mol. The van der Waals surface area contributed by atoms with E-state index in [4.69, 9.17) is 9.47 Å². The molecule has 288 valence electrons. The Hall–Kier alpha value is -4.17. The molecule has 2 fully saturated rings.